The van der Waals surface area contributed by atoms with Crippen molar-refractivity contribution >= 4 is 23.2 Å². The number of nitrogens with one attached hydrogen (secondary N) is 1. The maximum Gasteiger partial charge on any atom is 0.237 e. The van der Waals surface area contributed by atoms with Gasteiger partial charge >= 0.3 is 0 Å². The molecule has 2 aliphatic rings. The first-order chi connectivity index (χ1) is 11.7. The van der Waals surface area contributed by atoms with Crippen molar-refractivity contribution in [2.24, 2.45) is 0 Å². The van der Waals surface area contributed by atoms with E-state index < -0.39 is 0 Å². The Morgan fingerprint density at radius 1 is 1.17 bits per heavy atom. The lowest BCUT2D eigenvalue weighted by Crippen LogP contribution is -2.56. The number of rotatable bonds is 4. The molecule has 3 heterocycles. The predicted molar refractivity (Wildman–Crippen MR) is 95.8 cm³/mol. The predicted octanol–water partition coefficient (Wildman–Crippen LogP) is 2.23. The Labute approximate surface area is 148 Å². The van der Waals surface area contributed by atoms with Crippen LogP contribution in [0.2, 0.25) is 0 Å². The molecule has 1 aromatic heterocycles. The Kier molecular flexibility index (Phi) is 6.26. The fourth-order valence-electron chi connectivity index (χ4n) is 3.57. The first kappa shape index (κ1) is 17.4. The molecule has 5 nitrogen and oxygen atoms in total. The Bertz CT molecular complexity index is 538. The minimum atomic E-state index is -0.334. The Balaban J connectivity index is 1.62. The highest BCUT2D eigenvalue weighted by Crippen LogP contribution is 2.19. The van der Waals surface area contributed by atoms with E-state index in [0.717, 1.165) is 39.0 Å². The number of amides is 2. The van der Waals surface area contributed by atoms with E-state index in [1.54, 1.807) is 11.3 Å². The van der Waals surface area contributed by atoms with Crippen LogP contribution in [0.1, 0.15) is 43.4 Å². The first-order valence-electron chi connectivity index (χ1n) is 9.06. The van der Waals surface area contributed by atoms with Crippen molar-refractivity contribution in [3.8, 4) is 0 Å². The van der Waals surface area contributed by atoms with Crippen LogP contribution in [0.25, 0.3) is 0 Å². The molecule has 0 saturated carbocycles. The van der Waals surface area contributed by atoms with Gasteiger partial charge < -0.3 is 10.2 Å². The molecule has 2 amide bonds. The van der Waals surface area contributed by atoms with Gasteiger partial charge in [0, 0.05) is 37.6 Å². The number of piperazine rings is 1. The van der Waals surface area contributed by atoms with E-state index >= 15 is 0 Å². The van der Waals surface area contributed by atoms with Gasteiger partial charge in [0.15, 0.2) is 0 Å². The van der Waals surface area contributed by atoms with Gasteiger partial charge in [-0.05, 0) is 24.3 Å². The Morgan fingerprint density at radius 2 is 1.92 bits per heavy atom. The van der Waals surface area contributed by atoms with Crippen molar-refractivity contribution in [2.75, 3.05) is 26.2 Å². The lowest BCUT2D eigenvalue weighted by molar-refractivity contribution is -0.139. The largest absolute Gasteiger partial charge is 0.353 e. The summed E-state index contributed by atoms with van der Waals surface area (Å²) < 4.78 is 0. The quantitative estimate of drug-likeness (QED) is 0.907. The van der Waals surface area contributed by atoms with Crippen molar-refractivity contribution in [1.82, 2.24) is 15.1 Å². The van der Waals surface area contributed by atoms with E-state index in [1.807, 2.05) is 11.0 Å². The van der Waals surface area contributed by atoms with Crippen molar-refractivity contribution < 1.29 is 9.59 Å². The maximum absolute atomic E-state index is 12.7. The summed E-state index contributed by atoms with van der Waals surface area (Å²) in [6, 6.07) is 3.79. The normalized spacial score (nSPS) is 23.4. The molecular weight excluding hydrogens is 322 g/mol. The fraction of sp³-hybridized carbons (Fsp3) is 0.667. The van der Waals surface area contributed by atoms with Gasteiger partial charge in [-0.15, -0.1) is 11.3 Å². The van der Waals surface area contributed by atoms with Crippen LogP contribution < -0.4 is 5.32 Å². The highest BCUT2D eigenvalue weighted by molar-refractivity contribution is 7.09. The van der Waals surface area contributed by atoms with Crippen LogP contribution in [0.3, 0.4) is 0 Å². The van der Waals surface area contributed by atoms with Crippen LogP contribution in [0, 0.1) is 0 Å². The number of carbonyl (C=O) groups excluding carboxylic acids is 2. The molecule has 6 heteroatoms. The zero-order valence-corrected chi connectivity index (χ0v) is 15.0. The summed E-state index contributed by atoms with van der Waals surface area (Å²) in [6.07, 6.45) is 6.16. The molecule has 1 aromatic rings. The second-order valence-corrected chi connectivity index (χ2v) is 7.74. The molecule has 3 rings (SSSR count). The number of nitrogens with zero attached hydrogens (tertiary/aromatic N) is 2. The molecule has 0 unspecified atom stereocenters. The highest BCUT2D eigenvalue weighted by Gasteiger charge is 2.33. The fourth-order valence-corrected chi connectivity index (χ4v) is 4.30. The molecule has 0 aliphatic carbocycles. The summed E-state index contributed by atoms with van der Waals surface area (Å²) in [5.41, 5.74) is 0. The number of carbonyl (C=O) groups is 2. The van der Waals surface area contributed by atoms with Crippen LogP contribution in [-0.2, 0) is 16.1 Å². The third-order valence-electron chi connectivity index (χ3n) is 4.96. The maximum atomic E-state index is 12.7. The van der Waals surface area contributed by atoms with Gasteiger partial charge in [0.25, 0.3) is 0 Å². The number of thiophene rings is 1. The minimum absolute atomic E-state index is 0.00167. The van der Waals surface area contributed by atoms with Crippen molar-refractivity contribution in [2.45, 2.75) is 51.1 Å². The van der Waals surface area contributed by atoms with Gasteiger partial charge in [0.1, 0.15) is 0 Å². The van der Waals surface area contributed by atoms with Crippen LogP contribution in [0.5, 0.6) is 0 Å². The molecule has 2 saturated heterocycles. The van der Waals surface area contributed by atoms with Gasteiger partial charge in [-0.1, -0.05) is 25.3 Å². The van der Waals surface area contributed by atoms with Gasteiger partial charge in [-0.2, -0.15) is 0 Å². The lowest BCUT2D eigenvalue weighted by atomic mass is 10.1. The van der Waals surface area contributed by atoms with E-state index in [4.69, 9.17) is 0 Å². The smallest absolute Gasteiger partial charge is 0.237 e. The average molecular weight is 350 g/mol. The minimum Gasteiger partial charge on any atom is -0.353 e. The van der Waals surface area contributed by atoms with E-state index in [-0.39, 0.29) is 17.9 Å². The summed E-state index contributed by atoms with van der Waals surface area (Å²) in [5, 5.41) is 4.98. The van der Waals surface area contributed by atoms with E-state index in [0.29, 0.717) is 13.0 Å². The van der Waals surface area contributed by atoms with Gasteiger partial charge in [-0.3, -0.25) is 14.5 Å². The van der Waals surface area contributed by atoms with E-state index in [2.05, 4.69) is 21.7 Å². The van der Waals surface area contributed by atoms with E-state index in [9.17, 15) is 9.59 Å². The summed E-state index contributed by atoms with van der Waals surface area (Å²) in [4.78, 5) is 30.5. The summed E-state index contributed by atoms with van der Waals surface area (Å²) >= 11 is 1.70. The van der Waals surface area contributed by atoms with Crippen LogP contribution in [-0.4, -0.2) is 53.8 Å². The zero-order valence-electron chi connectivity index (χ0n) is 14.2. The number of likely N-dealkylation sites (tertiary alicyclic amines) is 1. The third-order valence-corrected chi connectivity index (χ3v) is 5.82. The molecule has 0 radical (unpaired) electrons. The number of hydrogen-bond donors (Lipinski definition) is 1. The monoisotopic (exact) mass is 349 g/mol. The second kappa shape index (κ2) is 8.62. The first-order valence-corrected chi connectivity index (χ1v) is 9.94. The van der Waals surface area contributed by atoms with Crippen molar-refractivity contribution in [1.29, 1.82) is 0 Å². The summed E-state index contributed by atoms with van der Waals surface area (Å²) in [7, 11) is 0. The lowest BCUT2D eigenvalue weighted by Gasteiger charge is -2.35. The molecule has 1 N–H and O–H groups in total. The third kappa shape index (κ3) is 4.57. The topological polar surface area (TPSA) is 52.7 Å². The SMILES string of the molecule is O=C1NCCN(Cc2cccs2)[C@H]1CC(=O)N1CCCCCCC1. The molecule has 2 fully saturated rings. The number of hydrogen-bond acceptors (Lipinski definition) is 4. The molecule has 132 valence electrons. The van der Waals surface area contributed by atoms with Crippen LogP contribution in [0.4, 0.5) is 0 Å². The van der Waals surface area contributed by atoms with Crippen molar-refractivity contribution in [3.05, 3.63) is 22.4 Å². The summed E-state index contributed by atoms with van der Waals surface area (Å²) in [5.74, 6) is 0.133. The molecule has 0 spiro atoms. The van der Waals surface area contributed by atoms with Gasteiger partial charge in [0.2, 0.25) is 11.8 Å². The average Bonchev–Trinajstić information content (AvgIpc) is 3.03. The molecule has 24 heavy (non-hydrogen) atoms. The Morgan fingerprint density at radius 3 is 2.62 bits per heavy atom. The zero-order chi connectivity index (χ0) is 16.8. The molecular formula is C18H27N3O2S. The van der Waals surface area contributed by atoms with Crippen molar-refractivity contribution in [3.63, 3.8) is 0 Å². The summed E-state index contributed by atoms with van der Waals surface area (Å²) in [6.45, 7) is 3.92. The standard InChI is InChI=1S/C18H27N3O2S/c22-17(20-9-4-2-1-3-5-10-20)13-16-18(23)19-8-11-21(16)14-15-7-6-12-24-15/h6-7,12,16H,1-5,8-11,13-14H2,(H,19,23)/t16-/m0/s1. The van der Waals surface area contributed by atoms with E-state index in [1.165, 1.54) is 24.1 Å². The van der Waals surface area contributed by atoms with Crippen LogP contribution >= 0.6 is 11.3 Å². The molecule has 0 aromatic carbocycles. The van der Waals surface area contributed by atoms with Gasteiger partial charge in [0.05, 0.1) is 12.5 Å². The molecule has 1 atom stereocenters. The highest BCUT2D eigenvalue weighted by atomic mass is 32.1. The molecule has 2 aliphatic heterocycles. The van der Waals surface area contributed by atoms with Crippen LogP contribution in [0.15, 0.2) is 17.5 Å². The van der Waals surface area contributed by atoms with Gasteiger partial charge in [-0.25, -0.2) is 0 Å². The molecule has 0 bridgehead atoms. The second-order valence-electron chi connectivity index (χ2n) is 6.71. The Hall–Kier alpha value is -1.40.